The van der Waals surface area contributed by atoms with Crippen molar-refractivity contribution in [1.29, 1.82) is 0 Å². The fourth-order valence-corrected chi connectivity index (χ4v) is 2.50. The van der Waals surface area contributed by atoms with E-state index in [9.17, 15) is 0 Å². The molecule has 0 aliphatic carbocycles. The number of ether oxygens (including phenoxy) is 1. The maximum atomic E-state index is 9.02. The normalized spacial score (nSPS) is 25.3. The van der Waals surface area contributed by atoms with Gasteiger partial charge in [0.15, 0.2) is 0 Å². The molecule has 2 unspecified atom stereocenters. The Kier molecular flexibility index (Phi) is 4.75. The van der Waals surface area contributed by atoms with E-state index in [0.29, 0.717) is 12.2 Å². The molecule has 0 aromatic heterocycles. The van der Waals surface area contributed by atoms with Gasteiger partial charge in [-0.05, 0) is 24.5 Å². The van der Waals surface area contributed by atoms with Crippen molar-refractivity contribution in [2.24, 2.45) is 0 Å². The number of aliphatic hydroxyl groups is 1. The molecule has 1 fully saturated rings. The molecule has 1 saturated heterocycles. The van der Waals surface area contributed by atoms with E-state index >= 15 is 0 Å². The molecule has 1 N–H and O–H groups in total. The Balaban J connectivity index is 1.95. The Morgan fingerprint density at radius 1 is 1.22 bits per heavy atom. The summed E-state index contributed by atoms with van der Waals surface area (Å²) >= 11 is 0. The van der Waals surface area contributed by atoms with Gasteiger partial charge in [0.1, 0.15) is 0 Å². The van der Waals surface area contributed by atoms with Crippen LogP contribution < -0.4 is 0 Å². The van der Waals surface area contributed by atoms with Crippen molar-refractivity contribution in [3.63, 3.8) is 0 Å². The lowest BCUT2D eigenvalue weighted by molar-refractivity contribution is -0.0800. The van der Waals surface area contributed by atoms with Crippen LogP contribution in [-0.4, -0.2) is 35.3 Å². The highest BCUT2D eigenvalue weighted by atomic mass is 16.5. The second kappa shape index (κ2) is 6.32. The number of hydrogen-bond donors (Lipinski definition) is 1. The highest BCUT2D eigenvalue weighted by Gasteiger charge is 2.23. The van der Waals surface area contributed by atoms with E-state index in [1.165, 1.54) is 5.56 Å². The summed E-state index contributed by atoms with van der Waals surface area (Å²) in [5.41, 5.74) is 2.27. The lowest BCUT2D eigenvalue weighted by Crippen LogP contribution is -2.45. The number of hydrogen-bond acceptors (Lipinski definition) is 3. The van der Waals surface area contributed by atoms with E-state index in [2.05, 4.69) is 30.9 Å². The fraction of sp³-hybridized carbons (Fsp3) is 0.600. The summed E-state index contributed by atoms with van der Waals surface area (Å²) in [6, 6.07) is 8.20. The van der Waals surface area contributed by atoms with Crippen LogP contribution in [0.1, 0.15) is 31.4 Å². The van der Waals surface area contributed by atoms with Crippen LogP contribution in [0.3, 0.4) is 0 Å². The first-order chi connectivity index (χ1) is 8.71. The third kappa shape index (κ3) is 3.55. The maximum Gasteiger partial charge on any atom is 0.0703 e. The SMILES string of the molecule is CCC1CN(Cc2ccc(CO)cc2)CC(C)O1. The molecule has 18 heavy (non-hydrogen) atoms. The molecule has 0 saturated carbocycles. The predicted octanol–water partition coefficient (Wildman–Crippen LogP) is 2.18. The van der Waals surface area contributed by atoms with Crippen molar-refractivity contribution < 1.29 is 9.84 Å². The average Bonchev–Trinajstić information content (AvgIpc) is 2.39. The van der Waals surface area contributed by atoms with Crippen LogP contribution in [0.4, 0.5) is 0 Å². The Hall–Kier alpha value is -0.900. The minimum Gasteiger partial charge on any atom is -0.392 e. The molecule has 2 rings (SSSR count). The van der Waals surface area contributed by atoms with Crippen LogP contribution in [0.25, 0.3) is 0 Å². The zero-order chi connectivity index (χ0) is 13.0. The third-order valence-corrected chi connectivity index (χ3v) is 3.47. The zero-order valence-electron chi connectivity index (χ0n) is 11.3. The van der Waals surface area contributed by atoms with E-state index in [1.54, 1.807) is 0 Å². The van der Waals surface area contributed by atoms with Crippen LogP contribution in [0.15, 0.2) is 24.3 Å². The van der Waals surface area contributed by atoms with E-state index in [4.69, 9.17) is 9.84 Å². The van der Waals surface area contributed by atoms with E-state index in [-0.39, 0.29) is 6.61 Å². The molecule has 1 aliphatic heterocycles. The monoisotopic (exact) mass is 249 g/mol. The van der Waals surface area contributed by atoms with Crippen molar-refractivity contribution in [3.05, 3.63) is 35.4 Å². The average molecular weight is 249 g/mol. The molecule has 1 aromatic carbocycles. The second-order valence-electron chi connectivity index (χ2n) is 5.15. The van der Waals surface area contributed by atoms with Crippen LogP contribution in [0, 0.1) is 0 Å². The summed E-state index contributed by atoms with van der Waals surface area (Å²) in [6.45, 7) is 7.42. The first-order valence-corrected chi connectivity index (χ1v) is 6.77. The number of nitrogens with zero attached hydrogens (tertiary/aromatic N) is 1. The molecule has 0 radical (unpaired) electrons. The molecule has 1 aromatic rings. The second-order valence-corrected chi connectivity index (χ2v) is 5.15. The summed E-state index contributed by atoms with van der Waals surface area (Å²) in [4.78, 5) is 2.45. The molecule has 1 heterocycles. The standard InChI is InChI=1S/C15H23NO2/c1-3-15-10-16(8-12(2)18-15)9-13-4-6-14(11-17)7-5-13/h4-7,12,15,17H,3,8-11H2,1-2H3. The number of rotatable bonds is 4. The van der Waals surface area contributed by atoms with Gasteiger partial charge in [-0.15, -0.1) is 0 Å². The van der Waals surface area contributed by atoms with Gasteiger partial charge in [0.05, 0.1) is 18.8 Å². The Labute approximate surface area is 109 Å². The van der Waals surface area contributed by atoms with Gasteiger partial charge in [0.25, 0.3) is 0 Å². The molecule has 1 aliphatic rings. The van der Waals surface area contributed by atoms with Gasteiger partial charge in [-0.1, -0.05) is 31.2 Å². The smallest absolute Gasteiger partial charge is 0.0703 e. The Bertz CT molecular complexity index is 363. The van der Waals surface area contributed by atoms with Gasteiger partial charge in [-0.3, -0.25) is 4.90 Å². The predicted molar refractivity (Wildman–Crippen MR) is 72.3 cm³/mol. The van der Waals surface area contributed by atoms with Gasteiger partial charge in [0.2, 0.25) is 0 Å². The zero-order valence-corrected chi connectivity index (χ0v) is 11.3. The first kappa shape index (κ1) is 13.5. The maximum absolute atomic E-state index is 9.02. The molecule has 3 nitrogen and oxygen atoms in total. The lowest BCUT2D eigenvalue weighted by atomic mass is 10.1. The fourth-order valence-electron chi connectivity index (χ4n) is 2.50. The topological polar surface area (TPSA) is 32.7 Å². The third-order valence-electron chi connectivity index (χ3n) is 3.47. The molecular formula is C15H23NO2. The number of benzene rings is 1. The van der Waals surface area contributed by atoms with Crippen LogP contribution >= 0.6 is 0 Å². The summed E-state index contributed by atoms with van der Waals surface area (Å²) in [6.07, 6.45) is 1.76. The van der Waals surface area contributed by atoms with E-state index in [0.717, 1.165) is 31.6 Å². The molecule has 0 spiro atoms. The molecule has 0 amide bonds. The number of aliphatic hydroxyl groups excluding tert-OH is 1. The first-order valence-electron chi connectivity index (χ1n) is 6.77. The summed E-state index contributed by atoms with van der Waals surface area (Å²) in [5.74, 6) is 0. The van der Waals surface area contributed by atoms with Crippen LogP contribution in [0.2, 0.25) is 0 Å². The Morgan fingerprint density at radius 3 is 2.50 bits per heavy atom. The highest BCUT2D eigenvalue weighted by Crippen LogP contribution is 2.16. The lowest BCUT2D eigenvalue weighted by Gasteiger charge is -2.36. The summed E-state index contributed by atoms with van der Waals surface area (Å²) < 4.78 is 5.87. The minimum atomic E-state index is 0.118. The number of morpholine rings is 1. The van der Waals surface area contributed by atoms with Gasteiger partial charge in [0, 0.05) is 19.6 Å². The quantitative estimate of drug-likeness (QED) is 0.887. The highest BCUT2D eigenvalue weighted by molar-refractivity contribution is 5.21. The van der Waals surface area contributed by atoms with E-state index in [1.807, 2.05) is 12.1 Å². The molecular weight excluding hydrogens is 226 g/mol. The minimum absolute atomic E-state index is 0.118. The van der Waals surface area contributed by atoms with Crippen molar-refractivity contribution >= 4 is 0 Å². The van der Waals surface area contributed by atoms with Crippen LogP contribution in [-0.2, 0) is 17.9 Å². The van der Waals surface area contributed by atoms with Crippen molar-refractivity contribution in [2.45, 2.75) is 45.6 Å². The molecule has 2 atom stereocenters. The van der Waals surface area contributed by atoms with E-state index < -0.39 is 0 Å². The van der Waals surface area contributed by atoms with Crippen LogP contribution in [0.5, 0.6) is 0 Å². The van der Waals surface area contributed by atoms with Gasteiger partial charge < -0.3 is 9.84 Å². The Morgan fingerprint density at radius 2 is 1.89 bits per heavy atom. The van der Waals surface area contributed by atoms with Crippen molar-refractivity contribution in [3.8, 4) is 0 Å². The summed E-state index contributed by atoms with van der Waals surface area (Å²) in [7, 11) is 0. The van der Waals surface area contributed by atoms with Crippen molar-refractivity contribution in [2.75, 3.05) is 13.1 Å². The van der Waals surface area contributed by atoms with Gasteiger partial charge in [-0.2, -0.15) is 0 Å². The summed E-state index contributed by atoms with van der Waals surface area (Å²) in [5, 5.41) is 9.02. The molecule has 100 valence electrons. The molecule has 0 bridgehead atoms. The van der Waals surface area contributed by atoms with Gasteiger partial charge in [-0.25, -0.2) is 0 Å². The van der Waals surface area contributed by atoms with Gasteiger partial charge >= 0.3 is 0 Å². The van der Waals surface area contributed by atoms with Crippen molar-refractivity contribution in [1.82, 2.24) is 4.90 Å². The largest absolute Gasteiger partial charge is 0.392 e. The molecule has 3 heteroatoms.